The van der Waals surface area contributed by atoms with Gasteiger partial charge in [-0.1, -0.05) is 0 Å². The van der Waals surface area contributed by atoms with Gasteiger partial charge in [0.1, 0.15) is 28.1 Å². The third kappa shape index (κ3) is 2.60. The van der Waals surface area contributed by atoms with Gasteiger partial charge < -0.3 is 23.4 Å². The van der Waals surface area contributed by atoms with Crippen molar-refractivity contribution in [2.45, 2.75) is 19.4 Å². The van der Waals surface area contributed by atoms with Crippen molar-refractivity contribution < 1.29 is 23.4 Å². The first-order chi connectivity index (χ1) is 12.9. The summed E-state index contributed by atoms with van der Waals surface area (Å²) in [5.74, 6) is 1.95. The predicted octanol–water partition coefficient (Wildman–Crippen LogP) is 4.16. The Labute approximate surface area is 155 Å². The molecular formula is C21H20O6. The van der Waals surface area contributed by atoms with E-state index in [2.05, 4.69) is 0 Å². The average molecular weight is 368 g/mol. The highest BCUT2D eigenvalue weighted by Crippen LogP contribution is 2.42. The fourth-order valence-corrected chi connectivity index (χ4v) is 3.32. The minimum Gasteiger partial charge on any atom is -0.496 e. The van der Waals surface area contributed by atoms with Crippen LogP contribution in [0, 0.1) is 0 Å². The van der Waals surface area contributed by atoms with E-state index in [0.29, 0.717) is 50.5 Å². The van der Waals surface area contributed by atoms with Crippen molar-refractivity contribution in [2.75, 3.05) is 21.3 Å². The minimum atomic E-state index is -0.459. The molecule has 0 radical (unpaired) electrons. The standard InChI is InChI=1S/C21H20O6/c1-21(2)7-6-11-14(27-21)10-17(25-5)18-19(22)12-8-15(23-3)16(24-4)9-13(12)26-20(11)18/h6-10H,1-5H3. The lowest BCUT2D eigenvalue weighted by molar-refractivity contribution is 0.158. The Hall–Kier alpha value is -3.15. The summed E-state index contributed by atoms with van der Waals surface area (Å²) < 4.78 is 28.3. The number of hydrogen-bond donors (Lipinski definition) is 0. The molecule has 0 amide bonds. The quantitative estimate of drug-likeness (QED) is 0.647. The molecule has 140 valence electrons. The molecule has 2 aromatic carbocycles. The Morgan fingerprint density at radius 2 is 1.59 bits per heavy atom. The fourth-order valence-electron chi connectivity index (χ4n) is 3.32. The van der Waals surface area contributed by atoms with Crippen molar-refractivity contribution >= 4 is 28.0 Å². The molecule has 0 spiro atoms. The minimum absolute atomic E-state index is 0.204. The number of methoxy groups -OCH3 is 3. The Bertz CT molecular complexity index is 1150. The van der Waals surface area contributed by atoms with Crippen LogP contribution in [0.15, 0.2) is 33.5 Å². The molecule has 0 fully saturated rings. The maximum absolute atomic E-state index is 13.2. The first-order valence-electron chi connectivity index (χ1n) is 8.50. The SMILES string of the molecule is COc1cc2oc3c4c(cc(OC)c3c(=O)c2cc1OC)OC(C)(C)C=C4. The van der Waals surface area contributed by atoms with Gasteiger partial charge in [0.05, 0.1) is 32.3 Å². The Balaban J connectivity index is 2.15. The Morgan fingerprint density at radius 3 is 2.26 bits per heavy atom. The van der Waals surface area contributed by atoms with Gasteiger partial charge in [-0.15, -0.1) is 0 Å². The van der Waals surface area contributed by atoms with Gasteiger partial charge >= 0.3 is 0 Å². The summed E-state index contributed by atoms with van der Waals surface area (Å²) in [6, 6.07) is 5.00. The van der Waals surface area contributed by atoms with Crippen LogP contribution >= 0.6 is 0 Å². The molecule has 2 heterocycles. The van der Waals surface area contributed by atoms with Gasteiger partial charge in [-0.25, -0.2) is 0 Å². The average Bonchev–Trinajstić information content (AvgIpc) is 2.65. The molecule has 1 aromatic heterocycles. The first-order valence-corrected chi connectivity index (χ1v) is 8.50. The van der Waals surface area contributed by atoms with E-state index in [1.54, 1.807) is 18.2 Å². The lowest BCUT2D eigenvalue weighted by atomic mass is 9.99. The van der Waals surface area contributed by atoms with Crippen LogP contribution in [0.2, 0.25) is 0 Å². The van der Waals surface area contributed by atoms with Crippen LogP contribution in [-0.2, 0) is 0 Å². The molecule has 27 heavy (non-hydrogen) atoms. The van der Waals surface area contributed by atoms with E-state index < -0.39 is 5.60 Å². The van der Waals surface area contributed by atoms with Crippen molar-refractivity contribution in [1.29, 1.82) is 0 Å². The van der Waals surface area contributed by atoms with Gasteiger partial charge in [0.25, 0.3) is 0 Å². The molecule has 0 unspecified atom stereocenters. The number of hydrogen-bond acceptors (Lipinski definition) is 6. The summed E-state index contributed by atoms with van der Waals surface area (Å²) >= 11 is 0. The number of rotatable bonds is 3. The topological polar surface area (TPSA) is 67.1 Å². The predicted molar refractivity (Wildman–Crippen MR) is 103 cm³/mol. The summed E-state index contributed by atoms with van der Waals surface area (Å²) in [5.41, 5.74) is 0.864. The monoisotopic (exact) mass is 368 g/mol. The third-order valence-corrected chi connectivity index (χ3v) is 4.66. The second-order valence-corrected chi connectivity index (χ2v) is 6.87. The largest absolute Gasteiger partial charge is 0.496 e. The van der Waals surface area contributed by atoms with Crippen molar-refractivity contribution in [3.63, 3.8) is 0 Å². The van der Waals surface area contributed by atoms with Crippen molar-refractivity contribution in [2.24, 2.45) is 0 Å². The van der Waals surface area contributed by atoms with Gasteiger partial charge in [0, 0.05) is 12.1 Å². The van der Waals surface area contributed by atoms with E-state index in [4.69, 9.17) is 23.4 Å². The van der Waals surface area contributed by atoms with Gasteiger partial charge in [0.2, 0.25) is 5.43 Å². The van der Waals surface area contributed by atoms with Crippen LogP contribution in [0.1, 0.15) is 19.4 Å². The lowest BCUT2D eigenvalue weighted by Gasteiger charge is -2.28. The molecule has 1 aliphatic rings. The normalized spacial score (nSPS) is 14.7. The zero-order valence-electron chi connectivity index (χ0n) is 15.8. The van der Waals surface area contributed by atoms with Crippen LogP contribution in [0.4, 0.5) is 0 Å². The van der Waals surface area contributed by atoms with E-state index in [1.165, 1.54) is 21.3 Å². The van der Waals surface area contributed by atoms with Gasteiger partial charge in [-0.3, -0.25) is 4.79 Å². The second kappa shape index (κ2) is 5.94. The molecule has 6 heteroatoms. The van der Waals surface area contributed by atoms with Crippen molar-refractivity contribution in [1.82, 2.24) is 0 Å². The summed E-state index contributed by atoms with van der Waals surface area (Å²) in [6.45, 7) is 3.91. The molecule has 3 aromatic rings. The zero-order valence-corrected chi connectivity index (χ0v) is 15.8. The highest BCUT2D eigenvalue weighted by atomic mass is 16.5. The van der Waals surface area contributed by atoms with E-state index >= 15 is 0 Å². The van der Waals surface area contributed by atoms with Crippen LogP contribution < -0.4 is 24.4 Å². The molecule has 0 N–H and O–H groups in total. The highest BCUT2D eigenvalue weighted by molar-refractivity contribution is 5.99. The molecule has 0 aliphatic carbocycles. The number of benzene rings is 2. The van der Waals surface area contributed by atoms with Crippen molar-refractivity contribution in [3.8, 4) is 23.0 Å². The summed E-state index contributed by atoms with van der Waals surface area (Å²) in [4.78, 5) is 13.2. The lowest BCUT2D eigenvalue weighted by Crippen LogP contribution is -2.27. The number of ether oxygens (including phenoxy) is 4. The zero-order chi connectivity index (χ0) is 19.3. The molecular weight excluding hydrogens is 348 g/mol. The van der Waals surface area contributed by atoms with E-state index in [1.807, 2.05) is 26.0 Å². The van der Waals surface area contributed by atoms with Crippen LogP contribution in [0.3, 0.4) is 0 Å². The summed E-state index contributed by atoms with van der Waals surface area (Å²) in [6.07, 6.45) is 3.84. The smallest absolute Gasteiger partial charge is 0.204 e. The van der Waals surface area contributed by atoms with Gasteiger partial charge in [0.15, 0.2) is 17.1 Å². The highest BCUT2D eigenvalue weighted by Gasteiger charge is 2.27. The van der Waals surface area contributed by atoms with E-state index in [0.717, 1.165) is 0 Å². The molecule has 1 aliphatic heterocycles. The molecule has 0 saturated heterocycles. The maximum atomic E-state index is 13.2. The first kappa shape index (κ1) is 17.3. The number of fused-ring (bicyclic) bond motifs is 4. The van der Waals surface area contributed by atoms with Crippen molar-refractivity contribution in [3.05, 3.63) is 40.1 Å². The second-order valence-electron chi connectivity index (χ2n) is 6.87. The van der Waals surface area contributed by atoms with E-state index in [-0.39, 0.29) is 5.43 Å². The maximum Gasteiger partial charge on any atom is 0.204 e. The Kier molecular flexibility index (Phi) is 3.80. The summed E-state index contributed by atoms with van der Waals surface area (Å²) in [5, 5.41) is 0.753. The summed E-state index contributed by atoms with van der Waals surface area (Å²) in [7, 11) is 4.57. The van der Waals surface area contributed by atoms with Crippen LogP contribution in [0.5, 0.6) is 23.0 Å². The molecule has 6 nitrogen and oxygen atoms in total. The van der Waals surface area contributed by atoms with Crippen LogP contribution in [-0.4, -0.2) is 26.9 Å². The fraction of sp³-hybridized carbons (Fsp3) is 0.286. The van der Waals surface area contributed by atoms with Crippen LogP contribution in [0.25, 0.3) is 28.0 Å². The molecule has 0 saturated carbocycles. The molecule has 0 bridgehead atoms. The Morgan fingerprint density at radius 1 is 0.926 bits per heavy atom. The molecule has 0 atom stereocenters. The molecule has 4 rings (SSSR count). The van der Waals surface area contributed by atoms with Gasteiger partial charge in [-0.2, -0.15) is 0 Å². The van der Waals surface area contributed by atoms with Gasteiger partial charge in [-0.05, 0) is 32.1 Å². The van der Waals surface area contributed by atoms with E-state index in [9.17, 15) is 4.79 Å². The third-order valence-electron chi connectivity index (χ3n) is 4.66.